The molecule has 1 saturated carbocycles. The molecular weight excluding hydrogens is 234 g/mol. The maximum absolute atomic E-state index is 12.0. The molecule has 1 saturated heterocycles. The molecule has 0 bridgehead atoms. The summed E-state index contributed by atoms with van der Waals surface area (Å²) in [6.07, 6.45) is 3.65. The molecule has 2 atom stereocenters. The summed E-state index contributed by atoms with van der Waals surface area (Å²) >= 11 is 0. The average molecular weight is 255 g/mol. The highest BCUT2D eigenvalue weighted by atomic mass is 16.4. The van der Waals surface area contributed by atoms with Gasteiger partial charge in [0.05, 0.1) is 5.92 Å². The number of piperidine rings is 1. The number of amides is 2. The normalized spacial score (nSPS) is 29.3. The van der Waals surface area contributed by atoms with Crippen molar-refractivity contribution in [2.75, 3.05) is 13.1 Å². The van der Waals surface area contributed by atoms with E-state index in [4.69, 9.17) is 10.8 Å². The maximum Gasteiger partial charge on any atom is 0.317 e. The third-order valence-electron chi connectivity index (χ3n) is 3.94. The SMILES string of the molecule is NC1CCN(C(=O)N[C@H]2CC[C@@H](C(=O)O)C2)CC1. The van der Waals surface area contributed by atoms with Gasteiger partial charge >= 0.3 is 12.0 Å². The Bertz CT molecular complexity index is 327. The summed E-state index contributed by atoms with van der Waals surface area (Å²) in [6, 6.07) is 0.143. The second-order valence-corrected chi connectivity index (χ2v) is 5.32. The number of hydrogen-bond acceptors (Lipinski definition) is 3. The number of rotatable bonds is 2. The van der Waals surface area contributed by atoms with Crippen LogP contribution in [-0.2, 0) is 4.79 Å². The van der Waals surface area contributed by atoms with Crippen LogP contribution in [0.4, 0.5) is 4.79 Å². The highest BCUT2D eigenvalue weighted by Gasteiger charge is 2.31. The smallest absolute Gasteiger partial charge is 0.317 e. The minimum Gasteiger partial charge on any atom is -0.481 e. The van der Waals surface area contributed by atoms with E-state index in [2.05, 4.69) is 5.32 Å². The summed E-state index contributed by atoms with van der Waals surface area (Å²) in [6.45, 7) is 1.39. The number of carboxylic acids is 1. The van der Waals surface area contributed by atoms with Crippen LogP contribution in [0.1, 0.15) is 32.1 Å². The zero-order chi connectivity index (χ0) is 13.1. The number of urea groups is 1. The predicted octanol–water partition coefficient (Wildman–Crippen LogP) is 0.372. The Kier molecular flexibility index (Phi) is 4.06. The predicted molar refractivity (Wildman–Crippen MR) is 66.1 cm³/mol. The number of carboxylic acid groups (broad SMARTS) is 1. The van der Waals surface area contributed by atoms with Gasteiger partial charge < -0.3 is 21.1 Å². The minimum atomic E-state index is -0.754. The number of likely N-dealkylation sites (tertiary alicyclic amines) is 1. The number of nitrogens with zero attached hydrogens (tertiary/aromatic N) is 1. The van der Waals surface area contributed by atoms with Crippen molar-refractivity contribution in [2.45, 2.75) is 44.2 Å². The Morgan fingerprint density at radius 3 is 2.39 bits per heavy atom. The molecule has 6 heteroatoms. The van der Waals surface area contributed by atoms with Crippen molar-refractivity contribution in [1.29, 1.82) is 0 Å². The first kappa shape index (κ1) is 13.1. The molecule has 0 aromatic rings. The van der Waals surface area contributed by atoms with Crippen LogP contribution < -0.4 is 11.1 Å². The van der Waals surface area contributed by atoms with Gasteiger partial charge in [-0.2, -0.15) is 0 Å². The number of nitrogens with two attached hydrogens (primary N) is 1. The molecule has 102 valence electrons. The largest absolute Gasteiger partial charge is 0.481 e. The van der Waals surface area contributed by atoms with Crippen LogP contribution >= 0.6 is 0 Å². The van der Waals surface area contributed by atoms with Crippen molar-refractivity contribution in [3.8, 4) is 0 Å². The van der Waals surface area contributed by atoms with Gasteiger partial charge in [0.1, 0.15) is 0 Å². The van der Waals surface area contributed by atoms with E-state index in [1.54, 1.807) is 4.90 Å². The first-order chi connectivity index (χ1) is 8.56. The van der Waals surface area contributed by atoms with Crippen LogP contribution in [0.2, 0.25) is 0 Å². The number of aliphatic carboxylic acids is 1. The first-order valence-electron chi connectivity index (χ1n) is 6.60. The number of carbonyl (C=O) groups excluding carboxylic acids is 1. The molecule has 0 aromatic heterocycles. The van der Waals surface area contributed by atoms with E-state index in [0.29, 0.717) is 25.9 Å². The first-order valence-corrected chi connectivity index (χ1v) is 6.60. The van der Waals surface area contributed by atoms with E-state index in [1.807, 2.05) is 0 Å². The van der Waals surface area contributed by atoms with Crippen LogP contribution in [0, 0.1) is 5.92 Å². The second-order valence-electron chi connectivity index (χ2n) is 5.32. The molecule has 4 N–H and O–H groups in total. The van der Waals surface area contributed by atoms with Crippen LogP contribution in [-0.4, -0.2) is 47.2 Å². The lowest BCUT2D eigenvalue weighted by atomic mass is 10.1. The van der Waals surface area contributed by atoms with Gasteiger partial charge in [0, 0.05) is 25.2 Å². The van der Waals surface area contributed by atoms with Crippen LogP contribution in [0.25, 0.3) is 0 Å². The third-order valence-corrected chi connectivity index (χ3v) is 3.94. The van der Waals surface area contributed by atoms with Crippen LogP contribution in [0.15, 0.2) is 0 Å². The zero-order valence-electron chi connectivity index (χ0n) is 10.5. The highest BCUT2D eigenvalue weighted by Crippen LogP contribution is 2.25. The molecule has 2 amide bonds. The quantitative estimate of drug-likeness (QED) is 0.664. The summed E-state index contributed by atoms with van der Waals surface area (Å²) < 4.78 is 0. The lowest BCUT2D eigenvalue weighted by Gasteiger charge is -2.31. The molecular formula is C12H21N3O3. The fraction of sp³-hybridized carbons (Fsp3) is 0.833. The standard InChI is InChI=1S/C12H21N3O3/c13-9-3-5-15(6-4-9)12(18)14-10-2-1-8(7-10)11(16)17/h8-10H,1-7,13H2,(H,14,18)(H,16,17)/t8-,10+/m1/s1. The van der Waals surface area contributed by atoms with E-state index in [9.17, 15) is 9.59 Å². The molecule has 0 unspecified atom stereocenters. The molecule has 6 nitrogen and oxygen atoms in total. The Hall–Kier alpha value is -1.30. The molecule has 1 heterocycles. The molecule has 0 aromatic carbocycles. The average Bonchev–Trinajstić information content (AvgIpc) is 2.78. The van der Waals surface area contributed by atoms with Crippen molar-refractivity contribution >= 4 is 12.0 Å². The lowest BCUT2D eigenvalue weighted by Crippen LogP contribution is -2.49. The van der Waals surface area contributed by atoms with E-state index in [1.165, 1.54) is 0 Å². The fourth-order valence-corrected chi connectivity index (χ4v) is 2.71. The monoisotopic (exact) mass is 255 g/mol. The van der Waals surface area contributed by atoms with Gasteiger partial charge in [-0.05, 0) is 32.1 Å². The molecule has 18 heavy (non-hydrogen) atoms. The molecule has 0 spiro atoms. The molecule has 2 aliphatic rings. The summed E-state index contributed by atoms with van der Waals surface area (Å²) in [5, 5.41) is 11.8. The van der Waals surface area contributed by atoms with Gasteiger partial charge in [-0.15, -0.1) is 0 Å². The fourth-order valence-electron chi connectivity index (χ4n) is 2.71. The van der Waals surface area contributed by atoms with E-state index >= 15 is 0 Å². The van der Waals surface area contributed by atoms with Crippen molar-refractivity contribution in [3.63, 3.8) is 0 Å². The molecule has 1 aliphatic heterocycles. The van der Waals surface area contributed by atoms with Gasteiger partial charge in [-0.25, -0.2) is 4.79 Å². The van der Waals surface area contributed by atoms with E-state index in [-0.39, 0.29) is 24.0 Å². The molecule has 0 radical (unpaired) electrons. The highest BCUT2D eigenvalue weighted by molar-refractivity contribution is 5.75. The van der Waals surface area contributed by atoms with Crippen LogP contribution in [0.5, 0.6) is 0 Å². The molecule has 2 fully saturated rings. The van der Waals surface area contributed by atoms with Crippen molar-refractivity contribution in [1.82, 2.24) is 10.2 Å². The van der Waals surface area contributed by atoms with E-state index in [0.717, 1.165) is 19.3 Å². The molecule has 1 aliphatic carbocycles. The lowest BCUT2D eigenvalue weighted by molar-refractivity contribution is -0.141. The number of carbonyl (C=O) groups is 2. The van der Waals surface area contributed by atoms with E-state index < -0.39 is 5.97 Å². The minimum absolute atomic E-state index is 0.00852. The Morgan fingerprint density at radius 1 is 1.17 bits per heavy atom. The zero-order valence-corrected chi connectivity index (χ0v) is 10.5. The summed E-state index contributed by atoms with van der Waals surface area (Å²) in [4.78, 5) is 24.6. The van der Waals surface area contributed by atoms with Crippen molar-refractivity contribution in [3.05, 3.63) is 0 Å². The molecule has 2 rings (SSSR count). The van der Waals surface area contributed by atoms with Crippen molar-refractivity contribution < 1.29 is 14.7 Å². The second kappa shape index (κ2) is 5.56. The Balaban J connectivity index is 1.76. The Labute approximate surface area is 107 Å². The van der Waals surface area contributed by atoms with Gasteiger partial charge in [-0.3, -0.25) is 4.79 Å². The van der Waals surface area contributed by atoms with Gasteiger partial charge in [-0.1, -0.05) is 0 Å². The van der Waals surface area contributed by atoms with Crippen molar-refractivity contribution in [2.24, 2.45) is 11.7 Å². The number of nitrogens with one attached hydrogen (secondary N) is 1. The third kappa shape index (κ3) is 3.13. The van der Waals surface area contributed by atoms with Crippen LogP contribution in [0.3, 0.4) is 0 Å². The van der Waals surface area contributed by atoms with Gasteiger partial charge in [0.25, 0.3) is 0 Å². The summed E-state index contributed by atoms with van der Waals surface area (Å²) in [5.74, 6) is -1.05. The maximum atomic E-state index is 12.0. The topological polar surface area (TPSA) is 95.7 Å². The van der Waals surface area contributed by atoms with Gasteiger partial charge in [0.15, 0.2) is 0 Å². The summed E-state index contributed by atoms with van der Waals surface area (Å²) in [5.41, 5.74) is 5.79. The Morgan fingerprint density at radius 2 is 1.83 bits per heavy atom. The number of hydrogen-bond donors (Lipinski definition) is 3. The van der Waals surface area contributed by atoms with Gasteiger partial charge in [0.2, 0.25) is 0 Å². The summed E-state index contributed by atoms with van der Waals surface area (Å²) in [7, 11) is 0.